The van der Waals surface area contributed by atoms with Gasteiger partial charge in [0.25, 0.3) is 0 Å². The van der Waals surface area contributed by atoms with Gasteiger partial charge in [0.1, 0.15) is 0 Å². The third kappa shape index (κ3) is 2.86. The number of hydrogen-bond donors (Lipinski definition) is 0. The number of hydrogen-bond acceptors (Lipinski definition) is 4. The summed E-state index contributed by atoms with van der Waals surface area (Å²) in [5.41, 5.74) is 0. The summed E-state index contributed by atoms with van der Waals surface area (Å²) in [6.07, 6.45) is 4.77. The molecule has 0 aromatic carbocycles. The van der Waals surface area contributed by atoms with Gasteiger partial charge in [-0.25, -0.2) is 0 Å². The average Bonchev–Trinajstić information content (AvgIpc) is 2.86. The van der Waals surface area contributed by atoms with E-state index in [0.29, 0.717) is 0 Å². The van der Waals surface area contributed by atoms with Crippen LogP contribution in [0, 0.1) is 5.92 Å². The van der Waals surface area contributed by atoms with E-state index in [0.717, 1.165) is 30.6 Å². The molecule has 0 bridgehead atoms. The van der Waals surface area contributed by atoms with Crippen molar-refractivity contribution in [2.45, 2.75) is 52.5 Å². The van der Waals surface area contributed by atoms with Crippen LogP contribution in [-0.4, -0.2) is 28.1 Å². The topological polar surface area (TPSA) is 42.2 Å². The Hall–Kier alpha value is -0.900. The molecule has 0 N–H and O–H groups in total. The minimum atomic E-state index is 0.261. The molecular formula is C13H23N3O. The van der Waals surface area contributed by atoms with Gasteiger partial charge in [-0.15, -0.1) is 0 Å². The Bertz CT molecular complexity index is 350. The third-order valence-corrected chi connectivity index (χ3v) is 3.83. The fourth-order valence-corrected chi connectivity index (χ4v) is 2.52. The zero-order valence-electron chi connectivity index (χ0n) is 11.1. The monoisotopic (exact) mass is 237 g/mol. The van der Waals surface area contributed by atoms with Crippen molar-refractivity contribution >= 4 is 0 Å². The molecule has 0 spiro atoms. The van der Waals surface area contributed by atoms with Gasteiger partial charge in [0.15, 0.2) is 5.82 Å². The molecule has 0 unspecified atom stereocenters. The molecule has 0 aliphatic carbocycles. The van der Waals surface area contributed by atoms with Gasteiger partial charge in [0, 0.05) is 13.0 Å². The first-order valence-corrected chi connectivity index (χ1v) is 6.81. The summed E-state index contributed by atoms with van der Waals surface area (Å²) in [4.78, 5) is 6.91. The smallest absolute Gasteiger partial charge is 0.243 e. The standard InChI is InChI=1S/C13H23N3O/c1-4-11-7-6-8-16(9-11)10(3)13-14-12(5-2)15-17-13/h10-11H,4-9H2,1-3H3/t10-,11-/m1/s1. The first-order chi connectivity index (χ1) is 8.24. The third-order valence-electron chi connectivity index (χ3n) is 3.83. The minimum Gasteiger partial charge on any atom is -0.338 e. The Morgan fingerprint density at radius 2 is 2.29 bits per heavy atom. The average molecular weight is 237 g/mol. The van der Waals surface area contributed by atoms with E-state index in [9.17, 15) is 0 Å². The lowest BCUT2D eigenvalue weighted by Gasteiger charge is -2.34. The molecule has 1 fully saturated rings. The Morgan fingerprint density at radius 3 is 2.94 bits per heavy atom. The minimum absolute atomic E-state index is 0.261. The van der Waals surface area contributed by atoms with Crippen LogP contribution in [0.2, 0.25) is 0 Å². The summed E-state index contributed by atoms with van der Waals surface area (Å²) >= 11 is 0. The molecule has 96 valence electrons. The molecule has 0 saturated carbocycles. The summed E-state index contributed by atoms with van der Waals surface area (Å²) in [6, 6.07) is 0.261. The number of rotatable bonds is 4. The van der Waals surface area contributed by atoms with Crippen molar-refractivity contribution in [3.05, 3.63) is 11.7 Å². The van der Waals surface area contributed by atoms with E-state index >= 15 is 0 Å². The molecule has 0 amide bonds. The van der Waals surface area contributed by atoms with Crippen molar-refractivity contribution in [2.75, 3.05) is 13.1 Å². The lowest BCUT2D eigenvalue weighted by Crippen LogP contribution is -2.37. The van der Waals surface area contributed by atoms with Crippen LogP contribution in [0.5, 0.6) is 0 Å². The molecule has 1 saturated heterocycles. The van der Waals surface area contributed by atoms with E-state index in [2.05, 4.69) is 28.9 Å². The van der Waals surface area contributed by atoms with Gasteiger partial charge >= 0.3 is 0 Å². The van der Waals surface area contributed by atoms with Crippen molar-refractivity contribution in [2.24, 2.45) is 5.92 Å². The molecule has 1 aliphatic rings. The Labute approximate surface area is 103 Å². The van der Waals surface area contributed by atoms with Crippen LogP contribution in [0.3, 0.4) is 0 Å². The van der Waals surface area contributed by atoms with Gasteiger partial charge in [-0.3, -0.25) is 4.90 Å². The predicted molar refractivity (Wildman–Crippen MR) is 66.7 cm³/mol. The Morgan fingerprint density at radius 1 is 1.47 bits per heavy atom. The highest BCUT2D eigenvalue weighted by Gasteiger charge is 2.26. The van der Waals surface area contributed by atoms with Gasteiger partial charge in [-0.05, 0) is 32.2 Å². The van der Waals surface area contributed by atoms with Crippen LogP contribution < -0.4 is 0 Å². The largest absolute Gasteiger partial charge is 0.338 e. The number of likely N-dealkylation sites (tertiary alicyclic amines) is 1. The SMILES string of the molecule is CCc1noc([C@@H](C)N2CCC[C@@H](CC)C2)n1. The summed E-state index contributed by atoms with van der Waals surface area (Å²) in [5.74, 6) is 2.43. The number of nitrogens with zero attached hydrogens (tertiary/aromatic N) is 3. The first-order valence-electron chi connectivity index (χ1n) is 6.81. The summed E-state index contributed by atoms with van der Waals surface area (Å²) in [7, 11) is 0. The highest BCUT2D eigenvalue weighted by Crippen LogP contribution is 2.26. The van der Waals surface area contributed by atoms with Crippen molar-refractivity contribution in [3.63, 3.8) is 0 Å². The van der Waals surface area contributed by atoms with E-state index in [4.69, 9.17) is 4.52 Å². The van der Waals surface area contributed by atoms with Crippen molar-refractivity contribution < 1.29 is 4.52 Å². The Kier molecular flexibility index (Phi) is 4.15. The van der Waals surface area contributed by atoms with Crippen LogP contribution in [-0.2, 0) is 6.42 Å². The molecule has 2 rings (SSSR count). The second-order valence-corrected chi connectivity index (χ2v) is 4.99. The molecule has 4 nitrogen and oxygen atoms in total. The maximum Gasteiger partial charge on any atom is 0.243 e. The second kappa shape index (κ2) is 5.63. The molecule has 0 radical (unpaired) electrons. The summed E-state index contributed by atoms with van der Waals surface area (Å²) in [6.45, 7) is 8.82. The highest BCUT2D eigenvalue weighted by atomic mass is 16.5. The number of aromatic nitrogens is 2. The first kappa shape index (κ1) is 12.6. The zero-order valence-corrected chi connectivity index (χ0v) is 11.1. The molecule has 4 heteroatoms. The number of piperidine rings is 1. The van der Waals surface area contributed by atoms with Crippen LogP contribution >= 0.6 is 0 Å². The fourth-order valence-electron chi connectivity index (χ4n) is 2.52. The maximum absolute atomic E-state index is 5.34. The second-order valence-electron chi connectivity index (χ2n) is 4.99. The predicted octanol–water partition coefficient (Wildman–Crippen LogP) is 2.82. The lowest BCUT2D eigenvalue weighted by molar-refractivity contribution is 0.109. The highest BCUT2D eigenvalue weighted by molar-refractivity contribution is 4.93. The molecule has 2 atom stereocenters. The van der Waals surface area contributed by atoms with Gasteiger partial charge < -0.3 is 4.52 Å². The fraction of sp³-hybridized carbons (Fsp3) is 0.846. The quantitative estimate of drug-likeness (QED) is 0.807. The number of aryl methyl sites for hydroxylation is 1. The van der Waals surface area contributed by atoms with Crippen molar-refractivity contribution in [3.8, 4) is 0 Å². The van der Waals surface area contributed by atoms with E-state index in [-0.39, 0.29) is 6.04 Å². The van der Waals surface area contributed by atoms with Crippen LogP contribution in [0.4, 0.5) is 0 Å². The van der Waals surface area contributed by atoms with Crippen LogP contribution in [0.1, 0.15) is 57.8 Å². The molecule has 17 heavy (non-hydrogen) atoms. The molecular weight excluding hydrogens is 214 g/mol. The molecule has 1 aromatic heterocycles. The van der Waals surface area contributed by atoms with Crippen LogP contribution in [0.25, 0.3) is 0 Å². The van der Waals surface area contributed by atoms with Crippen molar-refractivity contribution in [1.29, 1.82) is 0 Å². The lowest BCUT2D eigenvalue weighted by atomic mass is 9.95. The van der Waals surface area contributed by atoms with Gasteiger partial charge in [0.2, 0.25) is 5.89 Å². The van der Waals surface area contributed by atoms with Gasteiger partial charge in [0.05, 0.1) is 6.04 Å². The van der Waals surface area contributed by atoms with Crippen LogP contribution in [0.15, 0.2) is 4.52 Å². The van der Waals surface area contributed by atoms with E-state index in [1.807, 2.05) is 6.92 Å². The van der Waals surface area contributed by atoms with Crippen molar-refractivity contribution in [1.82, 2.24) is 15.0 Å². The maximum atomic E-state index is 5.34. The Balaban J connectivity index is 2.00. The normalized spacial score (nSPS) is 23.8. The van der Waals surface area contributed by atoms with Gasteiger partial charge in [-0.2, -0.15) is 4.98 Å². The van der Waals surface area contributed by atoms with E-state index in [1.165, 1.54) is 25.8 Å². The van der Waals surface area contributed by atoms with Gasteiger partial charge in [-0.1, -0.05) is 25.4 Å². The molecule has 1 aliphatic heterocycles. The molecule has 1 aromatic rings. The van der Waals surface area contributed by atoms with E-state index in [1.54, 1.807) is 0 Å². The molecule has 2 heterocycles. The summed E-state index contributed by atoms with van der Waals surface area (Å²) < 4.78 is 5.34. The zero-order chi connectivity index (χ0) is 12.3. The summed E-state index contributed by atoms with van der Waals surface area (Å²) in [5, 5.41) is 3.98. The van der Waals surface area contributed by atoms with E-state index < -0.39 is 0 Å².